The van der Waals surface area contributed by atoms with Gasteiger partial charge >= 0.3 is 5.97 Å². The number of esters is 1. The van der Waals surface area contributed by atoms with Gasteiger partial charge < -0.3 is 9.47 Å². The molecule has 1 aliphatic rings. The van der Waals surface area contributed by atoms with Gasteiger partial charge in [0.2, 0.25) is 0 Å². The molecule has 0 unspecified atom stereocenters. The van der Waals surface area contributed by atoms with Gasteiger partial charge in [-0.3, -0.25) is 4.79 Å². The Morgan fingerprint density at radius 3 is 2.50 bits per heavy atom. The van der Waals surface area contributed by atoms with Crippen LogP contribution >= 0.6 is 0 Å². The molecule has 2 rings (SSSR count). The molecule has 0 N–H and O–H groups in total. The van der Waals surface area contributed by atoms with Gasteiger partial charge in [0.15, 0.2) is 18.0 Å². The number of ketones is 1. The molecule has 2 atom stereocenters. The molecular weight excluding hydrogens is 280 g/mol. The molecule has 1 heterocycles. The zero-order chi connectivity index (χ0) is 16.4. The SMILES string of the molecule is C=C(C)[C@@H]1Oc2ccc(C(C)=O)cc2[C@H]1OC(=O)/C(C)=C/C. The van der Waals surface area contributed by atoms with Crippen LogP contribution in [0.1, 0.15) is 49.7 Å². The summed E-state index contributed by atoms with van der Waals surface area (Å²) in [6, 6.07) is 5.17. The zero-order valence-electron chi connectivity index (χ0n) is 13.3. The van der Waals surface area contributed by atoms with E-state index in [4.69, 9.17) is 9.47 Å². The molecule has 116 valence electrons. The standard InChI is InChI=1S/C18H20O4/c1-6-11(4)18(20)22-17-14-9-13(12(5)19)7-8-15(14)21-16(17)10(2)3/h6-9,16-17H,2H2,1,3-5H3/b11-6+/t16-,17+/m0/s1. The van der Waals surface area contributed by atoms with Crippen LogP contribution in [0.4, 0.5) is 0 Å². The Morgan fingerprint density at radius 2 is 1.95 bits per heavy atom. The Morgan fingerprint density at radius 1 is 1.27 bits per heavy atom. The lowest BCUT2D eigenvalue weighted by molar-refractivity contribution is -0.146. The highest BCUT2D eigenvalue weighted by Gasteiger charge is 2.38. The van der Waals surface area contributed by atoms with E-state index in [1.807, 2.05) is 6.92 Å². The van der Waals surface area contributed by atoms with E-state index >= 15 is 0 Å². The number of benzene rings is 1. The van der Waals surface area contributed by atoms with Crippen molar-refractivity contribution in [1.82, 2.24) is 0 Å². The molecule has 0 aliphatic carbocycles. The van der Waals surface area contributed by atoms with E-state index in [0.29, 0.717) is 22.4 Å². The quantitative estimate of drug-likeness (QED) is 0.367. The topological polar surface area (TPSA) is 52.6 Å². The Kier molecular flexibility index (Phi) is 4.50. The number of fused-ring (bicyclic) bond motifs is 1. The van der Waals surface area contributed by atoms with E-state index < -0.39 is 18.2 Å². The van der Waals surface area contributed by atoms with Crippen molar-refractivity contribution >= 4 is 11.8 Å². The van der Waals surface area contributed by atoms with Crippen molar-refractivity contribution in [3.8, 4) is 5.75 Å². The first-order chi connectivity index (χ1) is 10.3. The van der Waals surface area contributed by atoms with Gasteiger partial charge in [-0.2, -0.15) is 0 Å². The van der Waals surface area contributed by atoms with Crippen molar-refractivity contribution in [2.24, 2.45) is 0 Å². The Hall–Kier alpha value is -2.36. The maximum absolute atomic E-state index is 12.1. The Balaban J connectivity index is 2.41. The lowest BCUT2D eigenvalue weighted by Gasteiger charge is -2.20. The summed E-state index contributed by atoms with van der Waals surface area (Å²) in [4.78, 5) is 23.7. The van der Waals surface area contributed by atoms with Gasteiger partial charge in [-0.15, -0.1) is 0 Å². The average Bonchev–Trinajstić information content (AvgIpc) is 2.84. The summed E-state index contributed by atoms with van der Waals surface area (Å²) in [5, 5.41) is 0. The van der Waals surface area contributed by atoms with Gasteiger partial charge in [0.05, 0.1) is 0 Å². The summed E-state index contributed by atoms with van der Waals surface area (Å²) in [5.74, 6) is 0.175. The number of ether oxygens (including phenoxy) is 2. The van der Waals surface area contributed by atoms with Crippen LogP contribution in [0.3, 0.4) is 0 Å². The summed E-state index contributed by atoms with van der Waals surface area (Å²) in [5.41, 5.74) is 2.56. The van der Waals surface area contributed by atoms with Crippen LogP contribution in [0.5, 0.6) is 5.75 Å². The molecule has 0 amide bonds. The second-order valence-corrected chi connectivity index (χ2v) is 5.49. The first kappa shape index (κ1) is 16.0. The zero-order valence-corrected chi connectivity index (χ0v) is 13.3. The largest absolute Gasteiger partial charge is 0.481 e. The molecule has 0 saturated carbocycles. The van der Waals surface area contributed by atoms with E-state index in [9.17, 15) is 9.59 Å². The van der Waals surface area contributed by atoms with E-state index in [1.165, 1.54) is 6.92 Å². The van der Waals surface area contributed by atoms with Gasteiger partial charge in [0, 0.05) is 16.7 Å². The normalized spacial score (nSPS) is 20.1. The van der Waals surface area contributed by atoms with Crippen LogP contribution in [0.2, 0.25) is 0 Å². The summed E-state index contributed by atoms with van der Waals surface area (Å²) in [7, 11) is 0. The van der Waals surface area contributed by atoms with E-state index in [1.54, 1.807) is 38.1 Å². The minimum atomic E-state index is -0.589. The van der Waals surface area contributed by atoms with Crippen molar-refractivity contribution in [3.63, 3.8) is 0 Å². The van der Waals surface area contributed by atoms with Gasteiger partial charge in [-0.25, -0.2) is 4.79 Å². The molecular formula is C18H20O4. The lowest BCUT2D eigenvalue weighted by atomic mass is 9.99. The number of hydrogen-bond acceptors (Lipinski definition) is 4. The van der Waals surface area contributed by atoms with Crippen molar-refractivity contribution in [3.05, 3.63) is 53.1 Å². The van der Waals surface area contributed by atoms with E-state index in [2.05, 4.69) is 6.58 Å². The third kappa shape index (κ3) is 2.96. The van der Waals surface area contributed by atoms with Crippen LogP contribution in [-0.4, -0.2) is 17.9 Å². The molecule has 4 heteroatoms. The number of rotatable bonds is 4. The molecule has 1 aromatic carbocycles. The molecule has 0 spiro atoms. The summed E-state index contributed by atoms with van der Waals surface area (Å²) >= 11 is 0. The molecule has 0 bridgehead atoms. The fourth-order valence-electron chi connectivity index (χ4n) is 2.27. The van der Waals surface area contributed by atoms with Crippen LogP contribution in [0.15, 0.2) is 42.0 Å². The van der Waals surface area contributed by atoms with E-state index in [0.717, 1.165) is 5.57 Å². The smallest absolute Gasteiger partial charge is 0.334 e. The number of carbonyl (C=O) groups is 2. The first-order valence-corrected chi connectivity index (χ1v) is 7.16. The summed E-state index contributed by atoms with van der Waals surface area (Å²) in [6.07, 6.45) is 0.667. The number of Topliss-reactive ketones (excluding diaryl/α,β-unsaturated/α-hetero) is 1. The van der Waals surface area contributed by atoms with Crippen LogP contribution in [-0.2, 0) is 9.53 Å². The highest BCUT2D eigenvalue weighted by atomic mass is 16.6. The Bertz CT molecular complexity index is 670. The molecule has 1 aromatic rings. The van der Waals surface area contributed by atoms with Gasteiger partial charge in [0.1, 0.15) is 5.75 Å². The molecule has 1 aliphatic heterocycles. The fraction of sp³-hybridized carbons (Fsp3) is 0.333. The molecule has 22 heavy (non-hydrogen) atoms. The predicted octanol–water partition coefficient (Wildman–Crippen LogP) is 3.78. The third-order valence-electron chi connectivity index (χ3n) is 3.73. The highest BCUT2D eigenvalue weighted by Crippen LogP contribution is 2.42. The monoisotopic (exact) mass is 300 g/mol. The lowest BCUT2D eigenvalue weighted by Crippen LogP contribution is -2.24. The summed E-state index contributed by atoms with van der Waals surface area (Å²) < 4.78 is 11.4. The third-order valence-corrected chi connectivity index (χ3v) is 3.73. The minimum absolute atomic E-state index is 0.0451. The van der Waals surface area contributed by atoms with Crippen molar-refractivity contribution < 1.29 is 19.1 Å². The molecule has 4 nitrogen and oxygen atoms in total. The van der Waals surface area contributed by atoms with Crippen molar-refractivity contribution in [2.75, 3.05) is 0 Å². The van der Waals surface area contributed by atoms with Gasteiger partial charge in [-0.05, 0) is 51.5 Å². The molecule has 0 fully saturated rings. The first-order valence-electron chi connectivity index (χ1n) is 7.16. The fourth-order valence-corrected chi connectivity index (χ4v) is 2.27. The maximum atomic E-state index is 12.1. The summed E-state index contributed by atoms with van der Waals surface area (Å²) in [6.45, 7) is 10.7. The molecule has 0 radical (unpaired) electrons. The minimum Gasteiger partial charge on any atom is -0.481 e. The van der Waals surface area contributed by atoms with E-state index in [-0.39, 0.29) is 5.78 Å². The van der Waals surface area contributed by atoms with Gasteiger partial charge in [-0.1, -0.05) is 12.7 Å². The number of allylic oxidation sites excluding steroid dienone is 1. The second kappa shape index (κ2) is 6.18. The van der Waals surface area contributed by atoms with Crippen molar-refractivity contribution in [1.29, 1.82) is 0 Å². The Labute approximate surface area is 130 Å². The predicted molar refractivity (Wildman–Crippen MR) is 83.9 cm³/mol. The van der Waals surface area contributed by atoms with Crippen molar-refractivity contribution in [2.45, 2.75) is 39.9 Å². The average molecular weight is 300 g/mol. The maximum Gasteiger partial charge on any atom is 0.334 e. The number of hydrogen-bond donors (Lipinski definition) is 0. The molecule has 0 saturated heterocycles. The second-order valence-electron chi connectivity index (χ2n) is 5.49. The van der Waals surface area contributed by atoms with Crippen LogP contribution in [0.25, 0.3) is 0 Å². The van der Waals surface area contributed by atoms with Crippen LogP contribution in [0, 0.1) is 0 Å². The van der Waals surface area contributed by atoms with Gasteiger partial charge in [0.25, 0.3) is 0 Å². The number of carbonyl (C=O) groups excluding carboxylic acids is 2. The van der Waals surface area contributed by atoms with Crippen LogP contribution < -0.4 is 4.74 Å². The highest BCUT2D eigenvalue weighted by molar-refractivity contribution is 5.94. The molecule has 0 aromatic heterocycles.